The second kappa shape index (κ2) is 7.87. The molecule has 24 heavy (non-hydrogen) atoms. The van der Waals surface area contributed by atoms with Crippen molar-refractivity contribution in [1.82, 2.24) is 14.6 Å². The van der Waals surface area contributed by atoms with Crippen molar-refractivity contribution < 1.29 is 13.2 Å². The lowest BCUT2D eigenvalue weighted by atomic mass is 10.2. The van der Waals surface area contributed by atoms with Crippen molar-refractivity contribution in [3.63, 3.8) is 0 Å². The Kier molecular flexibility index (Phi) is 6.09. The molecular weight excluding hydrogens is 346 g/mol. The predicted octanol–water partition coefficient (Wildman–Crippen LogP) is 2.41. The average molecular weight is 367 g/mol. The lowest BCUT2D eigenvalue weighted by Crippen LogP contribution is -2.30. The Balaban J connectivity index is 2.07. The molecule has 8 heteroatoms. The summed E-state index contributed by atoms with van der Waals surface area (Å²) < 4.78 is 26.2. The Morgan fingerprint density at radius 3 is 2.33 bits per heavy atom. The molecule has 0 aliphatic heterocycles. The maximum absolute atomic E-state index is 12.4. The van der Waals surface area contributed by atoms with E-state index in [1.54, 1.807) is 20.0 Å². The summed E-state index contributed by atoms with van der Waals surface area (Å²) in [4.78, 5) is 17.4. The Morgan fingerprint density at radius 1 is 1.21 bits per heavy atom. The molecule has 0 aliphatic carbocycles. The Labute approximate surface area is 146 Å². The maximum atomic E-state index is 12.4. The van der Waals surface area contributed by atoms with E-state index in [0.29, 0.717) is 25.2 Å². The van der Waals surface area contributed by atoms with Crippen molar-refractivity contribution in [2.24, 2.45) is 0 Å². The molecule has 0 bridgehead atoms. The molecule has 0 saturated heterocycles. The monoisotopic (exact) mass is 367 g/mol. The van der Waals surface area contributed by atoms with Crippen LogP contribution in [-0.4, -0.2) is 36.7 Å². The van der Waals surface area contributed by atoms with Gasteiger partial charge in [0, 0.05) is 29.7 Å². The summed E-state index contributed by atoms with van der Waals surface area (Å²) in [5.41, 5.74) is 0.426. The normalized spacial score (nSPS) is 11.7. The molecule has 1 N–H and O–H groups in total. The number of nitrogens with zero attached hydrogens (tertiary/aromatic N) is 2. The standard InChI is InChI=1S/C16H21N3O3S2/c1-4-19(5-2)24(21,22)15-8-6-13(7-9-15)16(20)18-11-14-10-17-12(3)23-14/h6-10H,4-5,11H2,1-3H3,(H,18,20). The maximum Gasteiger partial charge on any atom is 0.251 e. The highest BCUT2D eigenvalue weighted by molar-refractivity contribution is 7.89. The Hall–Kier alpha value is -1.77. The number of carbonyl (C=O) groups is 1. The topological polar surface area (TPSA) is 79.4 Å². The largest absolute Gasteiger partial charge is 0.347 e. The summed E-state index contributed by atoms with van der Waals surface area (Å²) >= 11 is 1.53. The smallest absolute Gasteiger partial charge is 0.251 e. The van der Waals surface area contributed by atoms with Crippen molar-refractivity contribution >= 4 is 27.3 Å². The van der Waals surface area contributed by atoms with Crippen LogP contribution in [0, 0.1) is 6.92 Å². The lowest BCUT2D eigenvalue weighted by molar-refractivity contribution is 0.0951. The van der Waals surface area contributed by atoms with Gasteiger partial charge < -0.3 is 5.32 Å². The van der Waals surface area contributed by atoms with Gasteiger partial charge in [-0.15, -0.1) is 11.3 Å². The van der Waals surface area contributed by atoms with Crippen LogP contribution in [0.2, 0.25) is 0 Å². The third-order valence-electron chi connectivity index (χ3n) is 3.55. The van der Waals surface area contributed by atoms with E-state index >= 15 is 0 Å². The highest BCUT2D eigenvalue weighted by Gasteiger charge is 2.21. The second-order valence-electron chi connectivity index (χ2n) is 5.14. The van der Waals surface area contributed by atoms with E-state index in [9.17, 15) is 13.2 Å². The highest BCUT2D eigenvalue weighted by Crippen LogP contribution is 2.16. The molecular formula is C16H21N3O3S2. The van der Waals surface area contributed by atoms with E-state index in [1.807, 2.05) is 6.92 Å². The van der Waals surface area contributed by atoms with Gasteiger partial charge in [-0.3, -0.25) is 4.79 Å². The number of aryl methyl sites for hydroxylation is 1. The fraction of sp³-hybridized carbons (Fsp3) is 0.375. The number of hydrogen-bond acceptors (Lipinski definition) is 5. The molecule has 0 aliphatic rings. The molecule has 0 fully saturated rings. The molecule has 2 rings (SSSR count). The van der Waals surface area contributed by atoms with E-state index < -0.39 is 10.0 Å². The van der Waals surface area contributed by atoms with Crippen LogP contribution in [0.4, 0.5) is 0 Å². The summed E-state index contributed by atoms with van der Waals surface area (Å²) in [5.74, 6) is -0.243. The van der Waals surface area contributed by atoms with Crippen molar-refractivity contribution in [3.05, 3.63) is 45.9 Å². The third-order valence-corrected chi connectivity index (χ3v) is 6.53. The van der Waals surface area contributed by atoms with E-state index in [-0.39, 0.29) is 10.8 Å². The van der Waals surface area contributed by atoms with Crippen molar-refractivity contribution in [3.8, 4) is 0 Å². The molecule has 0 atom stereocenters. The molecule has 1 amide bonds. The van der Waals surface area contributed by atoms with Crippen LogP contribution >= 0.6 is 11.3 Å². The minimum absolute atomic E-state index is 0.195. The molecule has 0 unspecified atom stereocenters. The SMILES string of the molecule is CCN(CC)S(=O)(=O)c1ccc(C(=O)NCc2cnc(C)s2)cc1. The van der Waals surface area contributed by atoms with Crippen LogP contribution in [-0.2, 0) is 16.6 Å². The molecule has 0 saturated carbocycles. The Morgan fingerprint density at radius 2 is 1.83 bits per heavy atom. The van der Waals surface area contributed by atoms with Gasteiger partial charge in [0.05, 0.1) is 16.4 Å². The first-order valence-electron chi connectivity index (χ1n) is 7.68. The zero-order valence-electron chi connectivity index (χ0n) is 13.9. The molecule has 130 valence electrons. The summed E-state index contributed by atoms with van der Waals surface area (Å²) in [7, 11) is -3.50. The average Bonchev–Trinajstić information content (AvgIpc) is 2.99. The van der Waals surface area contributed by atoms with Crippen LogP contribution in [0.3, 0.4) is 0 Å². The van der Waals surface area contributed by atoms with Gasteiger partial charge in [-0.25, -0.2) is 13.4 Å². The van der Waals surface area contributed by atoms with E-state index in [1.165, 1.54) is 39.9 Å². The Bertz CT molecular complexity index is 794. The van der Waals surface area contributed by atoms with Crippen molar-refractivity contribution in [2.75, 3.05) is 13.1 Å². The van der Waals surface area contributed by atoms with Crippen LogP contribution in [0.5, 0.6) is 0 Å². The van der Waals surface area contributed by atoms with Crippen LogP contribution in [0.25, 0.3) is 0 Å². The van der Waals surface area contributed by atoms with Gasteiger partial charge in [-0.05, 0) is 31.2 Å². The van der Waals surface area contributed by atoms with Gasteiger partial charge >= 0.3 is 0 Å². The molecule has 0 radical (unpaired) electrons. The van der Waals surface area contributed by atoms with Gasteiger partial charge in [0.1, 0.15) is 0 Å². The van der Waals surface area contributed by atoms with Crippen molar-refractivity contribution in [2.45, 2.75) is 32.2 Å². The fourth-order valence-electron chi connectivity index (χ4n) is 2.25. The molecule has 6 nitrogen and oxygen atoms in total. The number of nitrogens with one attached hydrogen (secondary N) is 1. The number of thiazole rings is 1. The first-order chi connectivity index (χ1) is 11.4. The molecule has 1 aromatic heterocycles. The van der Waals surface area contributed by atoms with E-state index in [4.69, 9.17) is 0 Å². The van der Waals surface area contributed by atoms with Crippen molar-refractivity contribution in [1.29, 1.82) is 0 Å². The minimum atomic E-state index is -3.50. The van der Waals surface area contributed by atoms with Gasteiger partial charge in [0.2, 0.25) is 10.0 Å². The second-order valence-corrected chi connectivity index (χ2v) is 8.40. The van der Waals surface area contributed by atoms with Crippen LogP contribution in [0.15, 0.2) is 35.4 Å². The van der Waals surface area contributed by atoms with Crippen LogP contribution < -0.4 is 5.32 Å². The summed E-state index contributed by atoms with van der Waals surface area (Å²) in [6.07, 6.45) is 1.74. The number of amides is 1. The third kappa shape index (κ3) is 4.19. The molecule has 1 heterocycles. The first-order valence-corrected chi connectivity index (χ1v) is 9.93. The van der Waals surface area contributed by atoms with Gasteiger partial charge in [-0.2, -0.15) is 4.31 Å². The van der Waals surface area contributed by atoms with Gasteiger partial charge in [0.15, 0.2) is 0 Å². The first kappa shape index (κ1) is 18.6. The highest BCUT2D eigenvalue weighted by atomic mass is 32.2. The molecule has 0 spiro atoms. The number of carbonyl (C=O) groups excluding carboxylic acids is 1. The summed E-state index contributed by atoms with van der Waals surface area (Å²) in [6.45, 7) is 6.73. The van der Waals surface area contributed by atoms with E-state index in [0.717, 1.165) is 9.88 Å². The van der Waals surface area contributed by atoms with Gasteiger partial charge in [-0.1, -0.05) is 13.8 Å². The quantitative estimate of drug-likeness (QED) is 0.815. The summed E-state index contributed by atoms with van der Waals surface area (Å²) in [5, 5.41) is 3.75. The van der Waals surface area contributed by atoms with E-state index in [2.05, 4.69) is 10.3 Å². The number of sulfonamides is 1. The number of hydrogen-bond donors (Lipinski definition) is 1. The fourth-order valence-corrected chi connectivity index (χ4v) is 4.44. The zero-order chi connectivity index (χ0) is 17.7. The number of aromatic nitrogens is 1. The minimum Gasteiger partial charge on any atom is -0.347 e. The lowest BCUT2D eigenvalue weighted by Gasteiger charge is -2.18. The summed E-state index contributed by atoms with van der Waals surface area (Å²) in [6, 6.07) is 6.01. The number of benzene rings is 1. The predicted molar refractivity (Wildman–Crippen MR) is 94.6 cm³/mol. The van der Waals surface area contributed by atoms with Gasteiger partial charge in [0.25, 0.3) is 5.91 Å². The zero-order valence-corrected chi connectivity index (χ0v) is 15.6. The molecule has 1 aromatic carbocycles. The number of rotatable bonds is 7. The van der Waals surface area contributed by atoms with Crippen LogP contribution in [0.1, 0.15) is 34.1 Å². The molecule has 2 aromatic rings.